The van der Waals surface area contributed by atoms with Crippen LogP contribution >= 0.6 is 0 Å². The van der Waals surface area contributed by atoms with Crippen LogP contribution in [0.3, 0.4) is 0 Å². The fraction of sp³-hybridized carbons (Fsp3) is 0.250. The van der Waals surface area contributed by atoms with Gasteiger partial charge in [0.05, 0.1) is 0 Å². The van der Waals surface area contributed by atoms with E-state index in [1.54, 1.807) is 0 Å². The summed E-state index contributed by atoms with van der Waals surface area (Å²) >= 11 is 0. The maximum absolute atomic E-state index is 8.58. The molecule has 1 heterocycles. The third kappa shape index (κ3) is 2.01. The molecule has 2 rings (SSSR count). The molecule has 1 amide bonds. The number of carbonyl (C=O) groups is 1. The van der Waals surface area contributed by atoms with Crippen LogP contribution in [-0.2, 0) is 11.8 Å². The fourth-order valence-electron chi connectivity index (χ4n) is 1.71. The Kier molecular flexibility index (Phi) is 3.50. The second-order valence-electron chi connectivity index (χ2n) is 3.42. The van der Waals surface area contributed by atoms with E-state index in [-0.39, 0.29) is 6.41 Å². The number of rotatable bonds is 0. The van der Waals surface area contributed by atoms with Crippen molar-refractivity contribution >= 4 is 17.3 Å². The van der Waals surface area contributed by atoms with Gasteiger partial charge in [-0.15, -0.1) is 0 Å². The van der Waals surface area contributed by atoms with Crippen molar-refractivity contribution < 1.29 is 4.79 Å². The minimum absolute atomic E-state index is 0.250. The second-order valence-corrected chi connectivity index (χ2v) is 3.42. The van der Waals surface area contributed by atoms with Gasteiger partial charge in [-0.3, -0.25) is 4.79 Å². The molecule has 2 N–H and O–H groups in total. The summed E-state index contributed by atoms with van der Waals surface area (Å²) < 4.78 is 2.24. The average molecular weight is 204 g/mol. The zero-order valence-electron chi connectivity index (χ0n) is 9.32. The number of hydrogen-bond acceptors (Lipinski definition) is 1. The SMILES string of the molecule is Cc1c(C)n(C)c2ccccc12.NC=O. The number of nitrogens with two attached hydrogens (primary N) is 1. The molecule has 0 fully saturated rings. The van der Waals surface area contributed by atoms with Crippen molar-refractivity contribution in [2.75, 3.05) is 0 Å². The van der Waals surface area contributed by atoms with Crippen molar-refractivity contribution in [3.8, 4) is 0 Å². The molecular weight excluding hydrogens is 188 g/mol. The molecule has 0 saturated heterocycles. The number of amides is 1. The number of para-hydroxylation sites is 1. The Morgan fingerprint density at radius 2 is 1.80 bits per heavy atom. The van der Waals surface area contributed by atoms with Gasteiger partial charge in [0.2, 0.25) is 6.41 Å². The van der Waals surface area contributed by atoms with Gasteiger partial charge in [0.1, 0.15) is 0 Å². The highest BCUT2D eigenvalue weighted by Crippen LogP contribution is 2.22. The summed E-state index contributed by atoms with van der Waals surface area (Å²) in [6.45, 7) is 4.34. The molecule has 3 heteroatoms. The van der Waals surface area contributed by atoms with Crippen LogP contribution in [0.2, 0.25) is 0 Å². The average Bonchev–Trinajstić information content (AvgIpc) is 2.46. The molecule has 2 aromatic rings. The zero-order valence-corrected chi connectivity index (χ0v) is 9.32. The van der Waals surface area contributed by atoms with Crippen LogP contribution in [0, 0.1) is 13.8 Å². The Labute approximate surface area is 89.5 Å². The highest BCUT2D eigenvalue weighted by atomic mass is 16.1. The van der Waals surface area contributed by atoms with Crippen LogP contribution in [0.15, 0.2) is 24.3 Å². The summed E-state index contributed by atoms with van der Waals surface area (Å²) in [6.07, 6.45) is 0.250. The van der Waals surface area contributed by atoms with Crippen molar-refractivity contribution in [1.82, 2.24) is 4.57 Å². The van der Waals surface area contributed by atoms with E-state index < -0.39 is 0 Å². The Morgan fingerprint density at radius 1 is 1.27 bits per heavy atom. The maximum Gasteiger partial charge on any atom is 0.204 e. The maximum atomic E-state index is 8.58. The molecule has 1 aromatic carbocycles. The number of primary amides is 1. The number of hydrogen-bond donors (Lipinski definition) is 1. The van der Waals surface area contributed by atoms with Gasteiger partial charge in [0.25, 0.3) is 0 Å². The van der Waals surface area contributed by atoms with Crippen LogP contribution in [0.4, 0.5) is 0 Å². The molecule has 3 nitrogen and oxygen atoms in total. The highest BCUT2D eigenvalue weighted by Gasteiger charge is 2.05. The van der Waals surface area contributed by atoms with Crippen molar-refractivity contribution in [3.63, 3.8) is 0 Å². The van der Waals surface area contributed by atoms with Gasteiger partial charge in [-0.1, -0.05) is 18.2 Å². The van der Waals surface area contributed by atoms with E-state index in [1.165, 1.54) is 22.2 Å². The van der Waals surface area contributed by atoms with Gasteiger partial charge in [-0.2, -0.15) is 0 Å². The van der Waals surface area contributed by atoms with Crippen LogP contribution < -0.4 is 5.73 Å². The summed E-state index contributed by atoms with van der Waals surface area (Å²) in [7, 11) is 2.12. The fourth-order valence-corrected chi connectivity index (χ4v) is 1.71. The number of aryl methyl sites for hydroxylation is 2. The number of carbonyl (C=O) groups excluding carboxylic acids is 1. The first kappa shape index (κ1) is 11.3. The Balaban J connectivity index is 0.000000337. The van der Waals surface area contributed by atoms with Gasteiger partial charge < -0.3 is 10.3 Å². The minimum atomic E-state index is 0.250. The van der Waals surface area contributed by atoms with E-state index in [4.69, 9.17) is 4.79 Å². The lowest BCUT2D eigenvalue weighted by atomic mass is 10.2. The van der Waals surface area contributed by atoms with E-state index in [0.29, 0.717) is 0 Å². The van der Waals surface area contributed by atoms with E-state index in [9.17, 15) is 0 Å². The molecular formula is C12H16N2O. The van der Waals surface area contributed by atoms with Crippen molar-refractivity contribution in [2.45, 2.75) is 13.8 Å². The molecule has 0 aliphatic carbocycles. The van der Waals surface area contributed by atoms with Crippen molar-refractivity contribution in [1.29, 1.82) is 0 Å². The molecule has 0 atom stereocenters. The van der Waals surface area contributed by atoms with Gasteiger partial charge in [0, 0.05) is 23.6 Å². The summed E-state index contributed by atoms with van der Waals surface area (Å²) in [5.41, 5.74) is 8.25. The van der Waals surface area contributed by atoms with Gasteiger partial charge in [-0.25, -0.2) is 0 Å². The summed E-state index contributed by atoms with van der Waals surface area (Å²) in [4.78, 5) is 8.58. The molecule has 0 aliphatic rings. The van der Waals surface area contributed by atoms with Gasteiger partial charge in [-0.05, 0) is 25.5 Å². The number of aromatic nitrogens is 1. The molecule has 0 radical (unpaired) electrons. The lowest BCUT2D eigenvalue weighted by molar-refractivity contribution is -0.106. The van der Waals surface area contributed by atoms with E-state index in [1.807, 2.05) is 0 Å². The monoisotopic (exact) mass is 204 g/mol. The quantitative estimate of drug-likeness (QED) is 0.654. The second kappa shape index (κ2) is 4.64. The van der Waals surface area contributed by atoms with Crippen LogP contribution in [0.25, 0.3) is 10.9 Å². The van der Waals surface area contributed by atoms with E-state index in [2.05, 4.69) is 55.5 Å². The normalized spacial score (nSPS) is 9.53. The Hall–Kier alpha value is -1.77. The number of fused-ring (bicyclic) bond motifs is 1. The standard InChI is InChI=1S/C11H13N.CH3NO/c1-8-9(2)12(3)11-7-5-4-6-10(8)11;2-1-3/h4-7H,1-3H3;1H,(H2,2,3). The van der Waals surface area contributed by atoms with Crippen LogP contribution in [-0.4, -0.2) is 11.0 Å². The van der Waals surface area contributed by atoms with Crippen molar-refractivity contribution in [2.24, 2.45) is 12.8 Å². The minimum Gasteiger partial charge on any atom is -0.372 e. The first-order valence-electron chi connectivity index (χ1n) is 4.79. The molecule has 80 valence electrons. The zero-order chi connectivity index (χ0) is 11.4. The molecule has 0 spiro atoms. The smallest absolute Gasteiger partial charge is 0.204 e. The largest absolute Gasteiger partial charge is 0.372 e. The molecule has 0 aliphatic heterocycles. The first-order chi connectivity index (χ1) is 7.13. The third-order valence-corrected chi connectivity index (χ3v) is 2.72. The van der Waals surface area contributed by atoms with Gasteiger partial charge >= 0.3 is 0 Å². The predicted octanol–water partition coefficient (Wildman–Crippen LogP) is 1.90. The first-order valence-corrected chi connectivity index (χ1v) is 4.79. The number of benzene rings is 1. The van der Waals surface area contributed by atoms with Crippen molar-refractivity contribution in [3.05, 3.63) is 35.5 Å². The molecule has 15 heavy (non-hydrogen) atoms. The highest BCUT2D eigenvalue weighted by molar-refractivity contribution is 5.85. The van der Waals surface area contributed by atoms with Crippen LogP contribution in [0.1, 0.15) is 11.3 Å². The van der Waals surface area contributed by atoms with E-state index in [0.717, 1.165) is 0 Å². The molecule has 0 saturated carbocycles. The lowest BCUT2D eigenvalue weighted by Gasteiger charge is -1.96. The van der Waals surface area contributed by atoms with E-state index >= 15 is 0 Å². The topological polar surface area (TPSA) is 48.0 Å². The van der Waals surface area contributed by atoms with Gasteiger partial charge in [0.15, 0.2) is 0 Å². The lowest BCUT2D eigenvalue weighted by Crippen LogP contribution is -1.89. The number of nitrogens with zero attached hydrogens (tertiary/aromatic N) is 1. The summed E-state index contributed by atoms with van der Waals surface area (Å²) in [6, 6.07) is 8.52. The Bertz CT molecular complexity index is 433. The third-order valence-electron chi connectivity index (χ3n) is 2.72. The molecule has 0 unspecified atom stereocenters. The summed E-state index contributed by atoms with van der Waals surface area (Å²) in [5, 5.41) is 1.37. The predicted molar refractivity (Wildman–Crippen MR) is 62.6 cm³/mol. The van der Waals surface area contributed by atoms with Crippen LogP contribution in [0.5, 0.6) is 0 Å². The molecule has 1 aromatic heterocycles. The molecule has 0 bridgehead atoms. The Morgan fingerprint density at radius 3 is 2.33 bits per heavy atom. The summed E-state index contributed by atoms with van der Waals surface area (Å²) in [5.74, 6) is 0.